The number of hydrogen-bond donors (Lipinski definition) is 0. The second kappa shape index (κ2) is 4.59. The van der Waals surface area contributed by atoms with Gasteiger partial charge < -0.3 is 4.74 Å². The first kappa shape index (κ1) is 14.5. The maximum atomic E-state index is 13.3. The van der Waals surface area contributed by atoms with Crippen LogP contribution in [0.1, 0.15) is 36.7 Å². The molecule has 0 fully saturated rings. The van der Waals surface area contributed by atoms with E-state index in [0.717, 1.165) is 0 Å². The van der Waals surface area contributed by atoms with Crippen LogP contribution in [0.25, 0.3) is 0 Å². The molecular weight excluding hydrogens is 252 g/mol. The lowest BCUT2D eigenvalue weighted by Crippen LogP contribution is -2.24. The van der Waals surface area contributed by atoms with Crippen molar-refractivity contribution in [2.24, 2.45) is 0 Å². The fourth-order valence-electron chi connectivity index (χ4n) is 1.19. The fraction of sp³-hybridized carbons (Fsp3) is 0.417. The van der Waals surface area contributed by atoms with Crippen LogP contribution in [0.4, 0.5) is 17.6 Å². The standard InChI is InChI=1S/C12H12F4O2/c1-11(2,3)18-10(17)8-6-7(12(14,15)16)4-5-9(8)13/h4-6H,1-3H3. The van der Waals surface area contributed by atoms with E-state index in [1.165, 1.54) is 20.8 Å². The van der Waals surface area contributed by atoms with Gasteiger partial charge in [0.1, 0.15) is 11.4 Å². The SMILES string of the molecule is CC(C)(C)OC(=O)c1cc(C(F)(F)F)ccc1F. The number of rotatable bonds is 1. The Morgan fingerprint density at radius 2 is 1.72 bits per heavy atom. The van der Waals surface area contributed by atoms with E-state index in [0.29, 0.717) is 18.2 Å². The van der Waals surface area contributed by atoms with E-state index < -0.39 is 34.7 Å². The van der Waals surface area contributed by atoms with E-state index >= 15 is 0 Å². The Labute approximate surface area is 102 Å². The van der Waals surface area contributed by atoms with Gasteiger partial charge in [-0.05, 0) is 39.0 Å². The molecule has 0 saturated heterocycles. The van der Waals surface area contributed by atoms with Gasteiger partial charge in [-0.3, -0.25) is 0 Å². The second-order valence-electron chi connectivity index (χ2n) is 4.69. The number of carbonyl (C=O) groups excluding carboxylic acids is 1. The van der Waals surface area contributed by atoms with Crippen LogP contribution < -0.4 is 0 Å². The van der Waals surface area contributed by atoms with E-state index in [1.54, 1.807) is 0 Å². The van der Waals surface area contributed by atoms with E-state index in [9.17, 15) is 22.4 Å². The van der Waals surface area contributed by atoms with Gasteiger partial charge >= 0.3 is 12.1 Å². The molecule has 6 heteroatoms. The lowest BCUT2D eigenvalue weighted by Gasteiger charge is -2.20. The molecule has 100 valence electrons. The first-order valence-corrected chi connectivity index (χ1v) is 5.11. The Morgan fingerprint density at radius 3 is 2.17 bits per heavy atom. The first-order valence-electron chi connectivity index (χ1n) is 5.11. The second-order valence-corrected chi connectivity index (χ2v) is 4.69. The highest BCUT2D eigenvalue weighted by Gasteiger charge is 2.32. The zero-order valence-electron chi connectivity index (χ0n) is 10.1. The van der Waals surface area contributed by atoms with Gasteiger partial charge in [-0.2, -0.15) is 13.2 Å². The van der Waals surface area contributed by atoms with Gasteiger partial charge in [0.2, 0.25) is 0 Å². The average molecular weight is 264 g/mol. The van der Waals surface area contributed by atoms with Crippen molar-refractivity contribution in [3.63, 3.8) is 0 Å². The molecule has 0 bridgehead atoms. The highest BCUT2D eigenvalue weighted by atomic mass is 19.4. The molecule has 1 aromatic carbocycles. The smallest absolute Gasteiger partial charge is 0.416 e. The summed E-state index contributed by atoms with van der Waals surface area (Å²) < 4.78 is 55.4. The van der Waals surface area contributed by atoms with Crippen LogP contribution in [-0.4, -0.2) is 11.6 Å². The van der Waals surface area contributed by atoms with Crippen molar-refractivity contribution in [3.05, 3.63) is 35.1 Å². The Morgan fingerprint density at radius 1 is 1.17 bits per heavy atom. The average Bonchev–Trinajstić information content (AvgIpc) is 2.13. The molecule has 2 nitrogen and oxygen atoms in total. The Kier molecular flexibility index (Phi) is 3.69. The van der Waals surface area contributed by atoms with Crippen molar-refractivity contribution < 1.29 is 27.1 Å². The Balaban J connectivity index is 3.13. The molecule has 0 radical (unpaired) electrons. The van der Waals surface area contributed by atoms with Gasteiger partial charge in [-0.25, -0.2) is 9.18 Å². The minimum Gasteiger partial charge on any atom is -0.456 e. The van der Waals surface area contributed by atoms with Crippen molar-refractivity contribution in [3.8, 4) is 0 Å². The third kappa shape index (κ3) is 3.72. The molecule has 0 aliphatic rings. The van der Waals surface area contributed by atoms with Crippen LogP contribution in [0, 0.1) is 5.82 Å². The summed E-state index contributed by atoms with van der Waals surface area (Å²) in [4.78, 5) is 11.5. The largest absolute Gasteiger partial charge is 0.456 e. The predicted octanol–water partition coefficient (Wildman–Crippen LogP) is 3.80. The van der Waals surface area contributed by atoms with Crippen molar-refractivity contribution in [1.29, 1.82) is 0 Å². The number of carbonyl (C=O) groups is 1. The summed E-state index contributed by atoms with van der Waals surface area (Å²) in [6.45, 7) is 4.61. The van der Waals surface area contributed by atoms with Gasteiger partial charge in [0.25, 0.3) is 0 Å². The zero-order chi connectivity index (χ0) is 14.1. The molecule has 1 aromatic rings. The van der Waals surface area contributed by atoms with Gasteiger partial charge in [-0.15, -0.1) is 0 Å². The number of hydrogen-bond acceptors (Lipinski definition) is 2. The van der Waals surface area contributed by atoms with Gasteiger partial charge in [0.15, 0.2) is 0 Å². The minimum atomic E-state index is -4.63. The van der Waals surface area contributed by atoms with E-state index in [2.05, 4.69) is 0 Å². The molecule has 0 spiro atoms. The third-order valence-corrected chi connectivity index (χ3v) is 1.91. The Hall–Kier alpha value is -1.59. The van der Waals surface area contributed by atoms with Crippen LogP contribution in [0.3, 0.4) is 0 Å². The molecule has 0 atom stereocenters. The van der Waals surface area contributed by atoms with Crippen LogP contribution >= 0.6 is 0 Å². The van der Waals surface area contributed by atoms with E-state index in [-0.39, 0.29) is 0 Å². The zero-order valence-corrected chi connectivity index (χ0v) is 10.1. The van der Waals surface area contributed by atoms with Crippen LogP contribution in [-0.2, 0) is 10.9 Å². The number of halogens is 4. The Bertz CT molecular complexity index is 458. The highest BCUT2D eigenvalue weighted by molar-refractivity contribution is 5.90. The summed E-state index contributed by atoms with van der Waals surface area (Å²) >= 11 is 0. The van der Waals surface area contributed by atoms with Crippen molar-refractivity contribution >= 4 is 5.97 Å². The summed E-state index contributed by atoms with van der Waals surface area (Å²) in [5.74, 6) is -2.16. The molecule has 0 saturated carbocycles. The molecule has 0 heterocycles. The summed E-state index contributed by atoms with van der Waals surface area (Å²) in [7, 11) is 0. The molecule has 0 amide bonds. The van der Waals surface area contributed by atoms with Gasteiger partial charge in [0, 0.05) is 0 Å². The van der Waals surface area contributed by atoms with Crippen molar-refractivity contribution in [2.45, 2.75) is 32.5 Å². The molecule has 0 N–H and O–H groups in total. The van der Waals surface area contributed by atoms with Crippen LogP contribution in [0.2, 0.25) is 0 Å². The molecular formula is C12H12F4O2. The first-order chi connectivity index (χ1) is 8.00. The fourth-order valence-corrected chi connectivity index (χ4v) is 1.19. The number of ether oxygens (including phenoxy) is 1. The maximum absolute atomic E-state index is 13.3. The molecule has 18 heavy (non-hydrogen) atoms. The molecule has 0 unspecified atom stereocenters. The van der Waals surface area contributed by atoms with Gasteiger partial charge in [-0.1, -0.05) is 0 Å². The number of esters is 1. The number of alkyl halides is 3. The van der Waals surface area contributed by atoms with Gasteiger partial charge in [0.05, 0.1) is 11.1 Å². The third-order valence-electron chi connectivity index (χ3n) is 1.91. The molecule has 1 rings (SSSR count). The highest BCUT2D eigenvalue weighted by Crippen LogP contribution is 2.30. The lowest BCUT2D eigenvalue weighted by atomic mass is 10.1. The van der Waals surface area contributed by atoms with Crippen LogP contribution in [0.15, 0.2) is 18.2 Å². The van der Waals surface area contributed by atoms with E-state index in [4.69, 9.17) is 4.74 Å². The summed E-state index contributed by atoms with van der Waals surface area (Å²) in [5, 5.41) is 0. The summed E-state index contributed by atoms with van der Waals surface area (Å²) in [5.41, 5.74) is -2.72. The maximum Gasteiger partial charge on any atom is 0.416 e. The normalized spacial score (nSPS) is 12.4. The van der Waals surface area contributed by atoms with Crippen molar-refractivity contribution in [2.75, 3.05) is 0 Å². The minimum absolute atomic E-state index is 0.448. The van der Waals surface area contributed by atoms with E-state index in [1.807, 2.05) is 0 Å². The predicted molar refractivity (Wildman–Crippen MR) is 56.6 cm³/mol. The quantitative estimate of drug-likeness (QED) is 0.569. The molecule has 0 aliphatic carbocycles. The number of benzene rings is 1. The summed E-state index contributed by atoms with van der Waals surface area (Å²) in [6.07, 6.45) is -4.63. The molecule has 0 aliphatic heterocycles. The topological polar surface area (TPSA) is 26.3 Å². The van der Waals surface area contributed by atoms with Crippen molar-refractivity contribution in [1.82, 2.24) is 0 Å². The monoisotopic (exact) mass is 264 g/mol. The van der Waals surface area contributed by atoms with Crippen LogP contribution in [0.5, 0.6) is 0 Å². The molecule has 0 aromatic heterocycles. The summed E-state index contributed by atoms with van der Waals surface area (Å²) in [6, 6.07) is 1.62. The lowest BCUT2D eigenvalue weighted by molar-refractivity contribution is -0.137.